The normalized spacial score (nSPS) is 11.4. The van der Waals surface area contributed by atoms with Gasteiger partial charge in [0.05, 0.1) is 44.8 Å². The molecule has 0 saturated carbocycles. The van der Waals surface area contributed by atoms with Crippen LogP contribution in [-0.4, -0.2) is 18.3 Å². The van der Waals surface area contributed by atoms with Crippen molar-refractivity contribution in [1.29, 1.82) is 0 Å². The number of rotatable bonds is 8. The van der Waals surface area contributed by atoms with Crippen LogP contribution in [0.1, 0.15) is 0 Å². The minimum Gasteiger partial charge on any atom is -0.260 e. The van der Waals surface area contributed by atoms with Gasteiger partial charge in [-0.3, -0.25) is 18.3 Å². The first-order chi connectivity index (χ1) is 30.6. The van der Waals surface area contributed by atoms with Crippen molar-refractivity contribution < 1.29 is 0 Å². The summed E-state index contributed by atoms with van der Waals surface area (Å²) < 4.78 is 7.15. The molecular formula is C56H38N4O2. The van der Waals surface area contributed by atoms with Gasteiger partial charge in [0.15, 0.2) is 0 Å². The molecule has 0 unspecified atom stereocenters. The quantitative estimate of drug-likeness (QED) is 0.154. The summed E-state index contributed by atoms with van der Waals surface area (Å²) in [4.78, 5) is 28.2. The molecule has 0 amide bonds. The zero-order chi connectivity index (χ0) is 41.6. The molecule has 9 aromatic carbocycles. The number of aromatic nitrogens is 4. The largest absolute Gasteiger partial charge is 0.338 e. The monoisotopic (exact) mass is 798 g/mol. The Morgan fingerprint density at radius 2 is 0.435 bits per heavy atom. The molecule has 0 N–H and O–H groups in total. The van der Waals surface area contributed by atoms with Crippen LogP contribution < -0.4 is 11.4 Å². The highest BCUT2D eigenvalue weighted by atomic mass is 16.2. The van der Waals surface area contributed by atoms with Gasteiger partial charge in [-0.2, -0.15) is 0 Å². The first-order valence-corrected chi connectivity index (χ1v) is 20.7. The van der Waals surface area contributed by atoms with Crippen LogP contribution in [0.2, 0.25) is 0 Å². The van der Waals surface area contributed by atoms with Crippen LogP contribution in [0.3, 0.4) is 0 Å². The summed E-state index contributed by atoms with van der Waals surface area (Å²) in [5, 5.41) is 0. The number of benzene rings is 9. The van der Waals surface area contributed by atoms with Crippen molar-refractivity contribution in [3.05, 3.63) is 251 Å². The van der Waals surface area contributed by atoms with E-state index in [0.29, 0.717) is 0 Å². The number of para-hydroxylation sites is 6. The van der Waals surface area contributed by atoms with E-state index in [9.17, 15) is 9.59 Å². The van der Waals surface area contributed by atoms with Crippen LogP contribution in [0.15, 0.2) is 240 Å². The number of nitrogens with zero attached hydrogens (tertiary/aromatic N) is 4. The zero-order valence-corrected chi connectivity index (χ0v) is 33.5. The summed E-state index contributed by atoms with van der Waals surface area (Å²) in [6, 6.07) is 77.6. The lowest BCUT2D eigenvalue weighted by Crippen LogP contribution is -2.22. The fourth-order valence-electron chi connectivity index (χ4n) is 8.73. The zero-order valence-electron chi connectivity index (χ0n) is 33.5. The summed E-state index contributed by atoms with van der Waals surface area (Å²) in [6.45, 7) is 0. The molecule has 0 atom stereocenters. The third-order valence-corrected chi connectivity index (χ3v) is 11.7. The maximum absolute atomic E-state index is 14.1. The van der Waals surface area contributed by atoms with E-state index in [2.05, 4.69) is 97.1 Å². The summed E-state index contributed by atoms with van der Waals surface area (Å²) in [5.74, 6) is 0. The lowest BCUT2D eigenvalue weighted by atomic mass is 9.94. The average molecular weight is 799 g/mol. The van der Waals surface area contributed by atoms with Crippen molar-refractivity contribution >= 4 is 22.1 Å². The first kappa shape index (κ1) is 36.6. The lowest BCUT2D eigenvalue weighted by molar-refractivity contribution is 0.931. The van der Waals surface area contributed by atoms with Crippen LogP contribution in [0, 0.1) is 0 Å². The smallest absolute Gasteiger partial charge is 0.260 e. The molecule has 0 aliphatic carbocycles. The van der Waals surface area contributed by atoms with Gasteiger partial charge in [0.1, 0.15) is 0 Å². The molecule has 2 heterocycles. The van der Waals surface area contributed by atoms with Gasteiger partial charge in [0, 0.05) is 0 Å². The van der Waals surface area contributed by atoms with E-state index in [0.717, 1.165) is 89.3 Å². The first-order valence-electron chi connectivity index (χ1n) is 20.7. The van der Waals surface area contributed by atoms with E-state index in [1.54, 1.807) is 18.3 Å². The second-order valence-electron chi connectivity index (χ2n) is 15.4. The highest BCUT2D eigenvalue weighted by Gasteiger charge is 2.18. The SMILES string of the molecule is O=c1n(-c2ccccc2)c2ccccc2n1-c1cccc(-c2cccc(-c3cccc(-c4cccc(-c5cccc(-n6c(=O)n(-c7ccccc7)c7ccccc76)c5)c4)c3)c2)c1. The molecule has 0 aliphatic heterocycles. The minimum absolute atomic E-state index is 0.112. The summed E-state index contributed by atoms with van der Waals surface area (Å²) >= 11 is 0. The van der Waals surface area contributed by atoms with Crippen LogP contribution in [0.5, 0.6) is 0 Å². The molecule has 2 aromatic heterocycles. The predicted molar refractivity (Wildman–Crippen MR) is 253 cm³/mol. The highest BCUT2D eigenvalue weighted by molar-refractivity contribution is 5.84. The van der Waals surface area contributed by atoms with E-state index < -0.39 is 0 Å². The van der Waals surface area contributed by atoms with Gasteiger partial charge >= 0.3 is 11.4 Å². The molecule has 11 aromatic rings. The maximum atomic E-state index is 14.1. The van der Waals surface area contributed by atoms with E-state index in [4.69, 9.17) is 0 Å². The number of imidazole rings is 2. The second-order valence-corrected chi connectivity index (χ2v) is 15.4. The Morgan fingerprint density at radius 1 is 0.210 bits per heavy atom. The highest BCUT2D eigenvalue weighted by Crippen LogP contribution is 2.33. The molecule has 11 rings (SSSR count). The van der Waals surface area contributed by atoms with E-state index in [1.807, 2.05) is 133 Å². The van der Waals surface area contributed by atoms with Crippen molar-refractivity contribution in [3.63, 3.8) is 0 Å². The van der Waals surface area contributed by atoms with Crippen LogP contribution >= 0.6 is 0 Å². The summed E-state index contributed by atoms with van der Waals surface area (Å²) in [5.41, 5.74) is 15.0. The topological polar surface area (TPSA) is 53.9 Å². The average Bonchev–Trinajstić information content (AvgIpc) is 3.81. The Bertz CT molecular complexity index is 3340. The van der Waals surface area contributed by atoms with Gasteiger partial charge in [0.25, 0.3) is 0 Å². The van der Waals surface area contributed by atoms with Gasteiger partial charge in [-0.1, -0.05) is 140 Å². The van der Waals surface area contributed by atoms with Crippen LogP contribution in [0.25, 0.3) is 89.3 Å². The van der Waals surface area contributed by atoms with E-state index in [1.165, 1.54) is 0 Å². The Hall–Kier alpha value is -8.48. The number of fused-ring (bicyclic) bond motifs is 2. The molecule has 0 aliphatic rings. The molecule has 62 heavy (non-hydrogen) atoms. The Morgan fingerprint density at radius 3 is 0.742 bits per heavy atom. The van der Waals surface area contributed by atoms with E-state index >= 15 is 0 Å². The molecule has 294 valence electrons. The van der Waals surface area contributed by atoms with Crippen molar-refractivity contribution in [3.8, 4) is 67.3 Å². The fraction of sp³-hybridized carbons (Fsp3) is 0. The molecule has 0 fully saturated rings. The van der Waals surface area contributed by atoms with Crippen molar-refractivity contribution in [2.24, 2.45) is 0 Å². The van der Waals surface area contributed by atoms with Gasteiger partial charge in [0.2, 0.25) is 0 Å². The molecule has 0 spiro atoms. The number of hydrogen-bond donors (Lipinski definition) is 0. The summed E-state index contributed by atoms with van der Waals surface area (Å²) in [6.07, 6.45) is 0. The van der Waals surface area contributed by atoms with Crippen molar-refractivity contribution in [2.45, 2.75) is 0 Å². The van der Waals surface area contributed by atoms with Crippen molar-refractivity contribution in [2.75, 3.05) is 0 Å². The molecular weight excluding hydrogens is 761 g/mol. The number of hydrogen-bond acceptors (Lipinski definition) is 2. The standard InChI is InChI=1S/C56H38N4O2/c61-55-57(47-24-3-1-4-25-47)51-30-7-9-32-53(51)59(55)49-28-14-22-45(37-49)43-20-12-18-41(35-43)39-16-11-17-40(34-39)42-19-13-21-44(36-42)46-23-15-29-50(38-46)60-54-33-10-8-31-52(54)58(56(60)62)48-26-5-2-6-27-48/h1-38H. The third kappa shape index (κ3) is 6.38. The Labute approximate surface area is 357 Å². The minimum atomic E-state index is -0.112. The van der Waals surface area contributed by atoms with Crippen LogP contribution in [0.4, 0.5) is 0 Å². The van der Waals surface area contributed by atoms with Gasteiger partial charge < -0.3 is 0 Å². The lowest BCUT2D eigenvalue weighted by Gasteiger charge is -2.11. The van der Waals surface area contributed by atoms with Gasteiger partial charge in [-0.05, 0) is 136 Å². The van der Waals surface area contributed by atoms with E-state index in [-0.39, 0.29) is 11.4 Å². The van der Waals surface area contributed by atoms with Gasteiger partial charge in [-0.15, -0.1) is 0 Å². The maximum Gasteiger partial charge on any atom is 0.338 e. The third-order valence-electron chi connectivity index (χ3n) is 11.7. The second kappa shape index (κ2) is 15.3. The molecule has 6 nitrogen and oxygen atoms in total. The Kier molecular flexibility index (Phi) is 9.02. The molecule has 6 heteroatoms. The van der Waals surface area contributed by atoms with Crippen LogP contribution in [-0.2, 0) is 0 Å². The van der Waals surface area contributed by atoms with Gasteiger partial charge in [-0.25, -0.2) is 9.59 Å². The molecule has 0 saturated heterocycles. The fourth-order valence-corrected chi connectivity index (χ4v) is 8.73. The Balaban J connectivity index is 0.915. The summed E-state index contributed by atoms with van der Waals surface area (Å²) in [7, 11) is 0. The molecule has 0 bridgehead atoms. The molecule has 0 radical (unpaired) electrons. The van der Waals surface area contributed by atoms with Crippen molar-refractivity contribution in [1.82, 2.24) is 18.3 Å². The predicted octanol–water partition coefficient (Wildman–Crippen LogP) is 12.5.